The van der Waals surface area contributed by atoms with Gasteiger partial charge in [-0.2, -0.15) is 0 Å². The average Bonchev–Trinajstić information content (AvgIpc) is 2.90. The van der Waals surface area contributed by atoms with Crippen molar-refractivity contribution in [2.75, 3.05) is 19.0 Å². The van der Waals surface area contributed by atoms with E-state index in [1.165, 1.54) is 12.5 Å². The molecule has 2 rings (SSSR count). The third kappa shape index (κ3) is 4.88. The third-order valence-corrected chi connectivity index (χ3v) is 3.99. The number of hydrogen-bond donors (Lipinski definition) is 2. The molecule has 0 aliphatic carbocycles. The smallest absolute Gasteiger partial charge is 0.221 e. The van der Waals surface area contributed by atoms with Gasteiger partial charge in [-0.25, -0.2) is 0 Å². The van der Waals surface area contributed by atoms with Gasteiger partial charge in [0.15, 0.2) is 0 Å². The van der Waals surface area contributed by atoms with E-state index in [1.807, 2.05) is 23.6 Å². The molecule has 1 aromatic carbocycles. The second kappa shape index (κ2) is 7.81. The van der Waals surface area contributed by atoms with Gasteiger partial charge >= 0.3 is 0 Å². The van der Waals surface area contributed by atoms with E-state index < -0.39 is 0 Å². The first-order valence-corrected chi connectivity index (χ1v) is 7.74. The van der Waals surface area contributed by atoms with Gasteiger partial charge in [0.2, 0.25) is 5.91 Å². The molecule has 0 saturated heterocycles. The number of rotatable bonds is 7. The molecule has 0 aliphatic heterocycles. The average molecular weight is 304 g/mol. The molecule has 2 N–H and O–H groups in total. The summed E-state index contributed by atoms with van der Waals surface area (Å²) >= 11 is 1.65. The van der Waals surface area contributed by atoms with E-state index in [-0.39, 0.29) is 5.91 Å². The van der Waals surface area contributed by atoms with Crippen molar-refractivity contribution in [1.29, 1.82) is 0 Å². The van der Waals surface area contributed by atoms with Crippen LogP contribution < -0.4 is 15.4 Å². The second-order valence-corrected chi connectivity index (χ2v) is 5.72. The monoisotopic (exact) mass is 304 g/mol. The van der Waals surface area contributed by atoms with E-state index in [2.05, 4.69) is 22.8 Å². The molecule has 0 fully saturated rings. The van der Waals surface area contributed by atoms with E-state index in [0.29, 0.717) is 0 Å². The summed E-state index contributed by atoms with van der Waals surface area (Å²) in [7, 11) is 1.68. The number of thiophene rings is 1. The minimum absolute atomic E-state index is 0.0361. The summed E-state index contributed by atoms with van der Waals surface area (Å²) in [5.41, 5.74) is 2.15. The van der Waals surface area contributed by atoms with Gasteiger partial charge in [0.05, 0.1) is 12.8 Å². The summed E-state index contributed by atoms with van der Waals surface area (Å²) in [5.74, 6) is 0.852. The van der Waals surface area contributed by atoms with E-state index in [0.717, 1.165) is 35.8 Å². The van der Waals surface area contributed by atoms with Crippen molar-refractivity contribution in [1.82, 2.24) is 5.32 Å². The lowest BCUT2D eigenvalue weighted by Crippen LogP contribution is -2.17. The van der Waals surface area contributed by atoms with Crippen molar-refractivity contribution in [3.8, 4) is 5.75 Å². The normalized spacial score (nSPS) is 10.4. The minimum atomic E-state index is -0.0361. The summed E-state index contributed by atoms with van der Waals surface area (Å²) in [4.78, 5) is 12.2. The molecule has 112 valence electrons. The molecule has 5 heteroatoms. The SMILES string of the molecule is COc1cccc(CCNCc2sccc2NC(C)=O)c1. The zero-order valence-electron chi connectivity index (χ0n) is 12.3. The van der Waals surface area contributed by atoms with Gasteiger partial charge in [0, 0.05) is 18.3 Å². The molecule has 0 atom stereocenters. The Morgan fingerprint density at radius 2 is 2.19 bits per heavy atom. The second-order valence-electron chi connectivity index (χ2n) is 4.72. The van der Waals surface area contributed by atoms with Gasteiger partial charge in [-0.1, -0.05) is 12.1 Å². The number of carbonyl (C=O) groups is 1. The Hall–Kier alpha value is -1.85. The van der Waals surface area contributed by atoms with E-state index in [1.54, 1.807) is 18.4 Å². The molecular formula is C16H20N2O2S. The number of anilines is 1. The van der Waals surface area contributed by atoms with E-state index in [9.17, 15) is 4.79 Å². The Morgan fingerprint density at radius 1 is 1.33 bits per heavy atom. The molecule has 0 saturated carbocycles. The van der Waals surface area contributed by atoms with Crippen molar-refractivity contribution in [3.05, 3.63) is 46.2 Å². The van der Waals surface area contributed by atoms with Crippen molar-refractivity contribution in [2.24, 2.45) is 0 Å². The zero-order chi connectivity index (χ0) is 15.1. The predicted octanol–water partition coefficient (Wildman–Crippen LogP) is 3.05. The van der Waals surface area contributed by atoms with Gasteiger partial charge in [-0.3, -0.25) is 4.79 Å². The molecule has 0 radical (unpaired) electrons. The highest BCUT2D eigenvalue weighted by molar-refractivity contribution is 7.10. The fraction of sp³-hybridized carbons (Fsp3) is 0.312. The summed E-state index contributed by atoms with van der Waals surface area (Å²) in [6.45, 7) is 3.17. The number of benzene rings is 1. The van der Waals surface area contributed by atoms with Gasteiger partial charge in [0.1, 0.15) is 5.75 Å². The first-order valence-electron chi connectivity index (χ1n) is 6.86. The molecule has 4 nitrogen and oxygen atoms in total. The largest absolute Gasteiger partial charge is 0.497 e. The van der Waals surface area contributed by atoms with Crippen LogP contribution in [-0.2, 0) is 17.8 Å². The van der Waals surface area contributed by atoms with Crippen molar-refractivity contribution in [2.45, 2.75) is 19.9 Å². The first kappa shape index (κ1) is 15.5. The maximum Gasteiger partial charge on any atom is 0.221 e. The zero-order valence-corrected chi connectivity index (χ0v) is 13.1. The predicted molar refractivity (Wildman–Crippen MR) is 87.0 cm³/mol. The molecule has 0 spiro atoms. The standard InChI is InChI=1S/C16H20N2O2S/c1-12(19)18-15-7-9-21-16(15)11-17-8-6-13-4-3-5-14(10-13)20-2/h3-5,7,9-10,17H,6,8,11H2,1-2H3,(H,18,19). The molecule has 0 bridgehead atoms. The van der Waals surface area contributed by atoms with Crippen LogP contribution in [0.5, 0.6) is 5.75 Å². The molecule has 1 aromatic heterocycles. The Kier molecular flexibility index (Phi) is 5.78. The molecule has 21 heavy (non-hydrogen) atoms. The van der Waals surface area contributed by atoms with Crippen LogP contribution in [0, 0.1) is 0 Å². The number of amides is 1. The summed E-state index contributed by atoms with van der Waals surface area (Å²) in [6, 6.07) is 10.0. The number of nitrogens with one attached hydrogen (secondary N) is 2. The van der Waals surface area contributed by atoms with Crippen molar-refractivity contribution < 1.29 is 9.53 Å². The maximum absolute atomic E-state index is 11.1. The van der Waals surface area contributed by atoms with Crippen LogP contribution in [0.4, 0.5) is 5.69 Å². The van der Waals surface area contributed by atoms with Crippen molar-refractivity contribution >= 4 is 22.9 Å². The molecule has 2 aromatic rings. The van der Waals surface area contributed by atoms with Gasteiger partial charge < -0.3 is 15.4 Å². The number of ether oxygens (including phenoxy) is 1. The van der Waals surface area contributed by atoms with Crippen molar-refractivity contribution in [3.63, 3.8) is 0 Å². The topological polar surface area (TPSA) is 50.4 Å². The van der Waals surface area contributed by atoms with Gasteiger partial charge in [-0.15, -0.1) is 11.3 Å². The lowest BCUT2D eigenvalue weighted by Gasteiger charge is -2.07. The quantitative estimate of drug-likeness (QED) is 0.773. The summed E-state index contributed by atoms with van der Waals surface area (Å²) in [6.07, 6.45) is 0.943. The molecule has 1 heterocycles. The van der Waals surface area contributed by atoms with Crippen LogP contribution >= 0.6 is 11.3 Å². The third-order valence-electron chi connectivity index (χ3n) is 3.07. The first-order chi connectivity index (χ1) is 10.2. The fourth-order valence-electron chi connectivity index (χ4n) is 2.04. The van der Waals surface area contributed by atoms with Crippen LogP contribution in [0.15, 0.2) is 35.7 Å². The van der Waals surface area contributed by atoms with Crippen LogP contribution in [-0.4, -0.2) is 19.6 Å². The molecular weight excluding hydrogens is 284 g/mol. The van der Waals surface area contributed by atoms with Crippen LogP contribution in [0.2, 0.25) is 0 Å². The highest BCUT2D eigenvalue weighted by Gasteiger charge is 2.05. The Balaban J connectivity index is 1.79. The molecule has 0 unspecified atom stereocenters. The lowest BCUT2D eigenvalue weighted by molar-refractivity contribution is -0.114. The van der Waals surface area contributed by atoms with Crippen LogP contribution in [0.1, 0.15) is 17.4 Å². The molecule has 0 aliphatic rings. The highest BCUT2D eigenvalue weighted by atomic mass is 32.1. The van der Waals surface area contributed by atoms with Crippen LogP contribution in [0.3, 0.4) is 0 Å². The van der Waals surface area contributed by atoms with E-state index in [4.69, 9.17) is 4.74 Å². The number of methoxy groups -OCH3 is 1. The maximum atomic E-state index is 11.1. The van der Waals surface area contributed by atoms with Crippen LogP contribution in [0.25, 0.3) is 0 Å². The van der Waals surface area contributed by atoms with E-state index >= 15 is 0 Å². The number of carbonyl (C=O) groups excluding carboxylic acids is 1. The van der Waals surface area contributed by atoms with Gasteiger partial charge in [0.25, 0.3) is 0 Å². The minimum Gasteiger partial charge on any atom is -0.497 e. The Labute approximate surface area is 129 Å². The molecule has 1 amide bonds. The number of hydrogen-bond acceptors (Lipinski definition) is 4. The fourth-order valence-corrected chi connectivity index (χ4v) is 2.84. The lowest BCUT2D eigenvalue weighted by atomic mass is 10.1. The summed E-state index contributed by atoms with van der Waals surface area (Å²) in [5, 5.41) is 8.24. The highest BCUT2D eigenvalue weighted by Crippen LogP contribution is 2.22. The summed E-state index contributed by atoms with van der Waals surface area (Å²) < 4.78 is 5.21. The Morgan fingerprint density at radius 3 is 2.95 bits per heavy atom. The van der Waals surface area contributed by atoms with Gasteiger partial charge in [-0.05, 0) is 42.1 Å². The Bertz CT molecular complexity index is 595.